The number of hydrogen-bond acceptors (Lipinski definition) is 5. The Bertz CT molecular complexity index is 1140. The molecule has 0 aliphatic rings. The molecule has 0 saturated carbocycles. The minimum atomic E-state index is -3.68. The van der Waals surface area contributed by atoms with E-state index in [1.54, 1.807) is 32.0 Å². The molecule has 0 aliphatic heterocycles. The Labute approximate surface area is 174 Å². The minimum Gasteiger partial charge on any atom is -0.451 e. The van der Waals surface area contributed by atoms with Crippen molar-refractivity contribution in [3.05, 3.63) is 58.8 Å². The van der Waals surface area contributed by atoms with E-state index in [1.165, 1.54) is 31.4 Å². The summed E-state index contributed by atoms with van der Waals surface area (Å²) in [4.78, 5) is 12.7. The molecule has 1 aromatic heterocycles. The lowest BCUT2D eigenvalue weighted by atomic mass is 10.1. The van der Waals surface area contributed by atoms with Gasteiger partial charge in [0.25, 0.3) is 5.91 Å². The summed E-state index contributed by atoms with van der Waals surface area (Å²) in [5, 5.41) is 4.03. The summed E-state index contributed by atoms with van der Waals surface area (Å²) in [5.74, 6) is -0.258. The predicted octanol–water partition coefficient (Wildman–Crippen LogP) is 3.96. The predicted molar refractivity (Wildman–Crippen MR) is 112 cm³/mol. The molecule has 1 heterocycles. The van der Waals surface area contributed by atoms with Gasteiger partial charge in [-0.05, 0) is 56.3 Å². The number of fused-ring (bicyclic) bond motifs is 1. The number of amides is 1. The highest BCUT2D eigenvalue weighted by molar-refractivity contribution is 7.89. The fourth-order valence-electron chi connectivity index (χ4n) is 2.93. The van der Waals surface area contributed by atoms with Crippen LogP contribution in [0.25, 0.3) is 11.0 Å². The van der Waals surface area contributed by atoms with Crippen LogP contribution < -0.4 is 10.0 Å². The number of methoxy groups -OCH3 is 1. The molecule has 1 atom stereocenters. The van der Waals surface area contributed by atoms with Gasteiger partial charge in [-0.3, -0.25) is 4.79 Å². The van der Waals surface area contributed by atoms with Gasteiger partial charge in [0, 0.05) is 34.8 Å². The highest BCUT2D eigenvalue weighted by Gasteiger charge is 2.20. The number of nitrogens with one attached hydrogen (secondary N) is 2. The Morgan fingerprint density at radius 1 is 1.21 bits per heavy atom. The first kappa shape index (κ1) is 21.3. The van der Waals surface area contributed by atoms with Crippen LogP contribution in [0.1, 0.15) is 23.0 Å². The highest BCUT2D eigenvalue weighted by Crippen LogP contribution is 2.28. The first-order valence-electron chi connectivity index (χ1n) is 8.82. The van der Waals surface area contributed by atoms with E-state index < -0.39 is 15.9 Å². The number of furan rings is 1. The smallest absolute Gasteiger partial charge is 0.291 e. The van der Waals surface area contributed by atoms with Gasteiger partial charge in [-0.15, -0.1) is 0 Å². The van der Waals surface area contributed by atoms with E-state index in [1.807, 2.05) is 0 Å². The van der Waals surface area contributed by atoms with Crippen molar-refractivity contribution in [1.29, 1.82) is 0 Å². The molecule has 3 aromatic rings. The molecule has 9 heteroatoms. The van der Waals surface area contributed by atoms with Crippen molar-refractivity contribution in [2.45, 2.75) is 24.8 Å². The number of benzene rings is 2. The summed E-state index contributed by atoms with van der Waals surface area (Å²) in [5.41, 5.74) is 1.68. The molecule has 154 valence electrons. The van der Waals surface area contributed by atoms with Crippen molar-refractivity contribution in [3.63, 3.8) is 0 Å². The molecular formula is C20H21ClN2O5S. The van der Waals surface area contributed by atoms with Gasteiger partial charge in [-0.1, -0.05) is 11.6 Å². The number of aryl methyl sites for hydroxylation is 1. The zero-order chi connectivity index (χ0) is 21.2. The molecule has 0 aliphatic carbocycles. The summed E-state index contributed by atoms with van der Waals surface area (Å²) in [6, 6.07) is 10.6. The molecule has 2 N–H and O–H groups in total. The number of ether oxygens (including phenoxy) is 1. The number of carbonyl (C=O) groups is 1. The van der Waals surface area contributed by atoms with Crippen LogP contribution in [0.15, 0.2) is 51.8 Å². The SMILES string of the molecule is COCC(C)NS(=O)(=O)c1ccc(NC(=O)c2oc3ccc(Cl)cc3c2C)cc1. The summed E-state index contributed by atoms with van der Waals surface area (Å²) in [6.07, 6.45) is 0. The van der Waals surface area contributed by atoms with Gasteiger partial charge in [-0.2, -0.15) is 0 Å². The molecule has 1 amide bonds. The van der Waals surface area contributed by atoms with Crippen molar-refractivity contribution in [3.8, 4) is 0 Å². The van der Waals surface area contributed by atoms with Crippen molar-refractivity contribution >= 4 is 44.2 Å². The zero-order valence-electron chi connectivity index (χ0n) is 16.2. The van der Waals surface area contributed by atoms with Crippen LogP contribution in [-0.4, -0.2) is 34.1 Å². The van der Waals surface area contributed by atoms with Gasteiger partial charge in [0.1, 0.15) is 5.58 Å². The zero-order valence-corrected chi connectivity index (χ0v) is 17.7. The molecule has 2 aromatic carbocycles. The van der Waals surface area contributed by atoms with Crippen LogP contribution >= 0.6 is 11.6 Å². The molecule has 29 heavy (non-hydrogen) atoms. The van der Waals surface area contributed by atoms with Crippen molar-refractivity contribution in [2.24, 2.45) is 0 Å². The van der Waals surface area contributed by atoms with Gasteiger partial charge < -0.3 is 14.5 Å². The highest BCUT2D eigenvalue weighted by atomic mass is 35.5. The lowest BCUT2D eigenvalue weighted by Crippen LogP contribution is -2.35. The molecule has 0 spiro atoms. The average molecular weight is 437 g/mol. The maximum absolute atomic E-state index is 12.6. The Morgan fingerprint density at radius 3 is 2.55 bits per heavy atom. The lowest BCUT2D eigenvalue weighted by Gasteiger charge is -2.13. The monoisotopic (exact) mass is 436 g/mol. The van der Waals surface area contributed by atoms with Crippen molar-refractivity contribution in [1.82, 2.24) is 4.72 Å². The van der Waals surface area contributed by atoms with Crippen LogP contribution in [-0.2, 0) is 14.8 Å². The van der Waals surface area contributed by atoms with Crippen LogP contribution in [0, 0.1) is 6.92 Å². The second-order valence-corrected chi connectivity index (χ2v) is 8.80. The number of halogens is 1. The Morgan fingerprint density at radius 2 is 1.90 bits per heavy atom. The largest absolute Gasteiger partial charge is 0.451 e. The number of sulfonamides is 1. The Hall–Kier alpha value is -2.39. The third kappa shape index (κ3) is 4.79. The fourth-order valence-corrected chi connectivity index (χ4v) is 4.33. The summed E-state index contributed by atoms with van der Waals surface area (Å²) < 4.78 is 37.8. The van der Waals surface area contributed by atoms with Crippen LogP contribution in [0.4, 0.5) is 5.69 Å². The topological polar surface area (TPSA) is 97.6 Å². The quantitative estimate of drug-likeness (QED) is 0.584. The van der Waals surface area contributed by atoms with Gasteiger partial charge >= 0.3 is 0 Å². The Balaban J connectivity index is 1.76. The number of anilines is 1. The molecule has 0 fully saturated rings. The van der Waals surface area contributed by atoms with E-state index in [2.05, 4.69) is 10.0 Å². The molecule has 0 radical (unpaired) electrons. The minimum absolute atomic E-state index is 0.0908. The number of rotatable bonds is 7. The van der Waals surface area contributed by atoms with Gasteiger partial charge in [0.2, 0.25) is 10.0 Å². The summed E-state index contributed by atoms with van der Waals surface area (Å²) in [7, 11) is -2.18. The van der Waals surface area contributed by atoms with E-state index >= 15 is 0 Å². The lowest BCUT2D eigenvalue weighted by molar-refractivity contribution is 0.0998. The third-order valence-electron chi connectivity index (χ3n) is 4.30. The molecule has 0 saturated heterocycles. The molecular weight excluding hydrogens is 416 g/mol. The molecule has 0 bridgehead atoms. The third-order valence-corrected chi connectivity index (χ3v) is 6.14. The van der Waals surface area contributed by atoms with Crippen molar-refractivity contribution < 1.29 is 22.4 Å². The Kier molecular flexibility index (Phi) is 6.28. The second kappa shape index (κ2) is 8.54. The summed E-state index contributed by atoms with van der Waals surface area (Å²) >= 11 is 6.01. The van der Waals surface area contributed by atoms with Gasteiger partial charge in [0.15, 0.2) is 5.76 Å². The average Bonchev–Trinajstić information content (AvgIpc) is 2.98. The first-order chi connectivity index (χ1) is 13.7. The van der Waals surface area contributed by atoms with Crippen LogP contribution in [0.3, 0.4) is 0 Å². The standard InChI is InChI=1S/C20H21ClN2O5S/c1-12(11-27-3)23-29(25,26)16-7-5-15(6-8-16)22-20(24)19-13(2)17-10-14(21)4-9-18(17)28-19/h4-10,12,23H,11H2,1-3H3,(H,22,24). The van der Waals surface area contributed by atoms with Crippen LogP contribution in [0.5, 0.6) is 0 Å². The normalized spacial score (nSPS) is 12.8. The van der Waals surface area contributed by atoms with E-state index in [0.29, 0.717) is 21.9 Å². The second-order valence-electron chi connectivity index (χ2n) is 6.65. The molecule has 1 unspecified atom stereocenters. The summed E-state index contributed by atoms with van der Waals surface area (Å²) in [6.45, 7) is 3.74. The van der Waals surface area contributed by atoms with E-state index in [-0.39, 0.29) is 23.3 Å². The number of carbonyl (C=O) groups excluding carboxylic acids is 1. The van der Waals surface area contributed by atoms with E-state index in [9.17, 15) is 13.2 Å². The van der Waals surface area contributed by atoms with Crippen molar-refractivity contribution in [2.75, 3.05) is 19.0 Å². The maximum atomic E-state index is 12.6. The van der Waals surface area contributed by atoms with Crippen LogP contribution in [0.2, 0.25) is 5.02 Å². The number of hydrogen-bond donors (Lipinski definition) is 2. The molecule has 3 rings (SSSR count). The van der Waals surface area contributed by atoms with Gasteiger partial charge in [-0.25, -0.2) is 13.1 Å². The fraction of sp³-hybridized carbons (Fsp3) is 0.250. The first-order valence-corrected chi connectivity index (χ1v) is 10.7. The van der Waals surface area contributed by atoms with E-state index in [4.69, 9.17) is 20.8 Å². The maximum Gasteiger partial charge on any atom is 0.291 e. The van der Waals surface area contributed by atoms with Gasteiger partial charge in [0.05, 0.1) is 11.5 Å². The van der Waals surface area contributed by atoms with E-state index in [0.717, 1.165) is 5.39 Å². The molecule has 7 nitrogen and oxygen atoms in total.